The maximum atomic E-state index is 13.3. The summed E-state index contributed by atoms with van der Waals surface area (Å²) >= 11 is 0. The number of carbonyl (C=O) groups is 1. The van der Waals surface area contributed by atoms with Crippen LogP contribution in [0.15, 0.2) is 12.1 Å². The molecule has 16 heavy (non-hydrogen) atoms. The molecule has 0 aliphatic rings. The molecule has 0 aromatic heterocycles. The molecule has 2 nitrogen and oxygen atoms in total. The minimum Gasteiger partial charge on any atom is -0.466 e. The molecule has 0 saturated carbocycles. The van der Waals surface area contributed by atoms with E-state index in [2.05, 4.69) is 4.74 Å². The van der Waals surface area contributed by atoms with E-state index in [1.54, 1.807) is 6.92 Å². The average Bonchev–Trinajstić information content (AvgIpc) is 2.16. The molecule has 0 bridgehead atoms. The van der Waals surface area contributed by atoms with Crippen molar-refractivity contribution in [3.63, 3.8) is 0 Å². The lowest BCUT2D eigenvalue weighted by Gasteiger charge is -2.12. The SMILES string of the molecule is CCOC(=O)C(C)c1c(F)cc(F)cc1F. The first-order valence-corrected chi connectivity index (χ1v) is 4.78. The van der Waals surface area contributed by atoms with Crippen LogP contribution in [0.2, 0.25) is 0 Å². The topological polar surface area (TPSA) is 26.3 Å². The molecule has 0 radical (unpaired) electrons. The van der Waals surface area contributed by atoms with Gasteiger partial charge in [0, 0.05) is 17.7 Å². The van der Waals surface area contributed by atoms with E-state index < -0.39 is 34.9 Å². The van der Waals surface area contributed by atoms with Gasteiger partial charge in [0.2, 0.25) is 0 Å². The number of benzene rings is 1. The number of ether oxygens (including phenoxy) is 1. The van der Waals surface area contributed by atoms with Gasteiger partial charge in [-0.15, -0.1) is 0 Å². The maximum absolute atomic E-state index is 13.3. The van der Waals surface area contributed by atoms with Gasteiger partial charge in [0.15, 0.2) is 0 Å². The van der Waals surface area contributed by atoms with Crippen LogP contribution in [0.5, 0.6) is 0 Å². The van der Waals surface area contributed by atoms with E-state index in [0.29, 0.717) is 12.1 Å². The minimum atomic E-state index is -1.10. The largest absolute Gasteiger partial charge is 0.466 e. The van der Waals surface area contributed by atoms with E-state index in [0.717, 1.165) is 0 Å². The number of rotatable bonds is 3. The summed E-state index contributed by atoms with van der Waals surface area (Å²) in [6, 6.07) is 1.07. The van der Waals surface area contributed by atoms with Gasteiger partial charge < -0.3 is 4.74 Å². The Labute approximate surface area is 91.0 Å². The molecule has 0 spiro atoms. The van der Waals surface area contributed by atoms with Crippen LogP contribution in [0.25, 0.3) is 0 Å². The minimum absolute atomic E-state index is 0.119. The van der Waals surface area contributed by atoms with E-state index in [1.807, 2.05) is 0 Å². The van der Waals surface area contributed by atoms with Gasteiger partial charge in [-0.2, -0.15) is 0 Å². The van der Waals surface area contributed by atoms with Crippen molar-refractivity contribution in [2.24, 2.45) is 0 Å². The van der Waals surface area contributed by atoms with E-state index >= 15 is 0 Å². The van der Waals surface area contributed by atoms with Crippen LogP contribution >= 0.6 is 0 Å². The summed E-state index contributed by atoms with van der Waals surface area (Å²) in [5.74, 6) is -5.03. The van der Waals surface area contributed by atoms with Crippen LogP contribution in [0, 0.1) is 17.5 Å². The second-order valence-corrected chi connectivity index (χ2v) is 3.26. The maximum Gasteiger partial charge on any atom is 0.313 e. The summed E-state index contributed by atoms with van der Waals surface area (Å²) in [6.07, 6.45) is 0. The molecule has 1 aromatic rings. The average molecular weight is 232 g/mol. The van der Waals surface area contributed by atoms with Gasteiger partial charge in [0.1, 0.15) is 17.5 Å². The predicted octanol–water partition coefficient (Wildman–Crippen LogP) is 2.77. The van der Waals surface area contributed by atoms with Crippen molar-refractivity contribution >= 4 is 5.97 Å². The highest BCUT2D eigenvalue weighted by molar-refractivity contribution is 5.77. The molecule has 1 rings (SSSR count). The second-order valence-electron chi connectivity index (χ2n) is 3.26. The first-order valence-electron chi connectivity index (χ1n) is 4.78. The fourth-order valence-electron chi connectivity index (χ4n) is 1.35. The molecule has 1 atom stereocenters. The van der Waals surface area contributed by atoms with Crippen molar-refractivity contribution < 1.29 is 22.7 Å². The Balaban J connectivity index is 3.08. The normalized spacial score (nSPS) is 12.3. The monoisotopic (exact) mass is 232 g/mol. The van der Waals surface area contributed by atoms with Crippen molar-refractivity contribution in [2.75, 3.05) is 6.61 Å². The Hall–Kier alpha value is -1.52. The first-order chi connectivity index (χ1) is 7.47. The Morgan fingerprint density at radius 1 is 1.31 bits per heavy atom. The van der Waals surface area contributed by atoms with Gasteiger partial charge in [0.25, 0.3) is 0 Å². The standard InChI is InChI=1S/C11H11F3O2/c1-3-16-11(15)6(2)10-8(13)4-7(12)5-9(10)14/h4-6H,3H2,1-2H3. The molecule has 1 unspecified atom stereocenters. The van der Waals surface area contributed by atoms with Gasteiger partial charge >= 0.3 is 5.97 Å². The summed E-state index contributed by atoms with van der Waals surface area (Å²) < 4.78 is 43.8. The lowest BCUT2D eigenvalue weighted by atomic mass is 10.00. The summed E-state index contributed by atoms with van der Waals surface area (Å²) in [4.78, 5) is 11.3. The van der Waals surface area contributed by atoms with Gasteiger partial charge in [-0.05, 0) is 13.8 Å². The number of carbonyl (C=O) groups excluding carboxylic acids is 1. The molecule has 0 saturated heterocycles. The Bertz CT molecular complexity index is 381. The van der Waals surface area contributed by atoms with Crippen molar-refractivity contribution in [3.05, 3.63) is 35.1 Å². The molecule has 0 amide bonds. The van der Waals surface area contributed by atoms with Gasteiger partial charge in [-0.25, -0.2) is 13.2 Å². The number of halogens is 3. The summed E-state index contributed by atoms with van der Waals surface area (Å²) in [6.45, 7) is 3.01. The summed E-state index contributed by atoms with van der Waals surface area (Å²) in [5.41, 5.74) is -0.472. The van der Waals surface area contributed by atoms with Crippen molar-refractivity contribution in [3.8, 4) is 0 Å². The molecular weight excluding hydrogens is 221 g/mol. The molecular formula is C11H11F3O2. The summed E-state index contributed by atoms with van der Waals surface area (Å²) in [7, 11) is 0. The van der Waals surface area contributed by atoms with Crippen LogP contribution in [0.3, 0.4) is 0 Å². The first kappa shape index (κ1) is 12.5. The zero-order valence-corrected chi connectivity index (χ0v) is 8.89. The number of hydrogen-bond acceptors (Lipinski definition) is 2. The van der Waals surface area contributed by atoms with E-state index in [4.69, 9.17) is 0 Å². The van der Waals surface area contributed by atoms with Crippen molar-refractivity contribution in [1.29, 1.82) is 0 Å². The Morgan fingerprint density at radius 3 is 2.25 bits per heavy atom. The number of hydrogen-bond donors (Lipinski definition) is 0. The van der Waals surface area contributed by atoms with E-state index in [9.17, 15) is 18.0 Å². The lowest BCUT2D eigenvalue weighted by molar-refractivity contribution is -0.144. The third-order valence-electron chi connectivity index (χ3n) is 2.12. The number of esters is 1. The van der Waals surface area contributed by atoms with Crippen molar-refractivity contribution in [2.45, 2.75) is 19.8 Å². The van der Waals surface area contributed by atoms with Gasteiger partial charge in [-0.1, -0.05) is 0 Å². The molecule has 0 aliphatic heterocycles. The molecule has 1 aromatic carbocycles. The third-order valence-corrected chi connectivity index (χ3v) is 2.12. The molecule has 0 aliphatic carbocycles. The van der Waals surface area contributed by atoms with Gasteiger partial charge in [-0.3, -0.25) is 4.79 Å². The fourth-order valence-corrected chi connectivity index (χ4v) is 1.35. The van der Waals surface area contributed by atoms with Gasteiger partial charge in [0.05, 0.1) is 12.5 Å². The second kappa shape index (κ2) is 5.01. The zero-order valence-electron chi connectivity index (χ0n) is 8.89. The van der Waals surface area contributed by atoms with Crippen LogP contribution in [-0.2, 0) is 9.53 Å². The summed E-state index contributed by atoms with van der Waals surface area (Å²) in [5, 5.41) is 0. The predicted molar refractivity (Wildman–Crippen MR) is 51.4 cm³/mol. The molecule has 88 valence electrons. The van der Waals surface area contributed by atoms with Crippen LogP contribution in [0.1, 0.15) is 25.3 Å². The Kier molecular flexibility index (Phi) is 3.93. The Morgan fingerprint density at radius 2 is 1.81 bits per heavy atom. The van der Waals surface area contributed by atoms with E-state index in [1.165, 1.54) is 6.92 Å². The van der Waals surface area contributed by atoms with Crippen LogP contribution in [-0.4, -0.2) is 12.6 Å². The van der Waals surface area contributed by atoms with Crippen LogP contribution < -0.4 is 0 Å². The zero-order chi connectivity index (χ0) is 12.3. The highest BCUT2D eigenvalue weighted by Gasteiger charge is 2.24. The van der Waals surface area contributed by atoms with E-state index in [-0.39, 0.29) is 6.61 Å². The highest BCUT2D eigenvalue weighted by atomic mass is 19.1. The molecule has 0 N–H and O–H groups in total. The fraction of sp³-hybridized carbons (Fsp3) is 0.364. The molecule has 0 heterocycles. The van der Waals surface area contributed by atoms with Crippen molar-refractivity contribution in [1.82, 2.24) is 0 Å². The quantitative estimate of drug-likeness (QED) is 0.749. The third kappa shape index (κ3) is 2.53. The highest BCUT2D eigenvalue weighted by Crippen LogP contribution is 2.24. The lowest BCUT2D eigenvalue weighted by Crippen LogP contribution is -2.16. The molecule has 5 heteroatoms. The smallest absolute Gasteiger partial charge is 0.313 e. The molecule has 0 fully saturated rings. The van der Waals surface area contributed by atoms with Crippen LogP contribution in [0.4, 0.5) is 13.2 Å².